The number of carbonyl (C=O) groups excluding carboxylic acids is 2. The predicted molar refractivity (Wildman–Crippen MR) is 188 cm³/mol. The summed E-state index contributed by atoms with van der Waals surface area (Å²) >= 11 is 4.31. The van der Waals surface area contributed by atoms with Crippen LogP contribution in [0.5, 0.6) is 17.2 Å². The van der Waals surface area contributed by atoms with Gasteiger partial charge in [-0.05, 0) is 112 Å². The summed E-state index contributed by atoms with van der Waals surface area (Å²) in [5, 5.41) is 30.8. The van der Waals surface area contributed by atoms with Gasteiger partial charge in [-0.3, -0.25) is 15.5 Å². The summed E-state index contributed by atoms with van der Waals surface area (Å²) < 4.78 is 24.1. The number of hydrazone groups is 1. The summed E-state index contributed by atoms with van der Waals surface area (Å²) in [7, 11) is 1.27. The van der Waals surface area contributed by atoms with Crippen molar-refractivity contribution in [2.24, 2.45) is 5.10 Å². The molecule has 248 valence electrons. The van der Waals surface area contributed by atoms with Crippen LogP contribution >= 0.6 is 45.2 Å². The van der Waals surface area contributed by atoms with Crippen molar-refractivity contribution in [3.63, 3.8) is 0 Å². The third-order valence-corrected chi connectivity index (χ3v) is 8.26. The van der Waals surface area contributed by atoms with Crippen molar-refractivity contribution in [3.05, 3.63) is 99.8 Å². The quantitative estimate of drug-likeness (QED) is 0.0434. The minimum Gasteiger partial charge on any atom is -0.490 e. The maximum absolute atomic E-state index is 12.5. The number of aliphatic hydroxyl groups is 1. The van der Waals surface area contributed by atoms with Gasteiger partial charge < -0.3 is 34.7 Å². The first-order chi connectivity index (χ1) is 22.5. The molecule has 1 aliphatic heterocycles. The number of amides is 2. The molecule has 4 N–H and O–H groups in total. The van der Waals surface area contributed by atoms with E-state index in [9.17, 15) is 24.8 Å². The van der Waals surface area contributed by atoms with E-state index in [1.807, 2.05) is 12.1 Å². The first kappa shape index (κ1) is 35.7. The van der Waals surface area contributed by atoms with Crippen LogP contribution in [0, 0.1) is 17.3 Å². The zero-order valence-corrected chi connectivity index (χ0v) is 29.7. The third kappa shape index (κ3) is 9.44. The summed E-state index contributed by atoms with van der Waals surface area (Å²) in [6.45, 7) is 3.82. The topological polar surface area (TPSA) is 183 Å². The van der Waals surface area contributed by atoms with Crippen LogP contribution in [0.25, 0.3) is 0 Å². The number of nitro benzene ring substituents is 1. The predicted octanol–water partition coefficient (Wildman–Crippen LogP) is 4.90. The number of halogens is 2. The first-order valence-corrected chi connectivity index (χ1v) is 16.2. The number of non-ortho nitro benzene ring substituents is 1. The van der Waals surface area contributed by atoms with Crippen molar-refractivity contribution in [2.45, 2.75) is 32.7 Å². The number of nitro groups is 1. The lowest BCUT2D eigenvalue weighted by molar-refractivity contribution is -0.384. The minimum absolute atomic E-state index is 0.0193. The van der Waals surface area contributed by atoms with Gasteiger partial charge in [0.15, 0.2) is 17.7 Å². The van der Waals surface area contributed by atoms with Gasteiger partial charge in [0.05, 0.1) is 43.6 Å². The molecule has 1 aliphatic rings. The molecule has 0 saturated carbocycles. The largest absolute Gasteiger partial charge is 0.490 e. The molecule has 14 nitrogen and oxygen atoms in total. The first-order valence-electron chi connectivity index (χ1n) is 14.1. The maximum Gasteiger partial charge on any atom is 0.337 e. The SMILES string of the molecule is CCOc1cc([C@H]2NC(=O)NC(C)=C2C(=O)OC)ccc1OC[C@H](O)N/N=C\c1cc(I)c(OCc2ccc([N+](=O)[O-])cc2)c(I)c1. The number of benzene rings is 3. The van der Waals surface area contributed by atoms with Gasteiger partial charge in [0.1, 0.15) is 19.0 Å². The smallest absolute Gasteiger partial charge is 0.337 e. The second-order valence-electron chi connectivity index (χ2n) is 9.94. The number of carbonyl (C=O) groups is 2. The van der Waals surface area contributed by atoms with Crippen molar-refractivity contribution in [1.82, 2.24) is 16.1 Å². The van der Waals surface area contributed by atoms with E-state index < -0.39 is 29.2 Å². The van der Waals surface area contributed by atoms with Gasteiger partial charge >= 0.3 is 12.0 Å². The number of hydrogen-bond acceptors (Lipinski definition) is 11. The Hall–Kier alpha value is -4.17. The lowest BCUT2D eigenvalue weighted by Gasteiger charge is -2.28. The Kier molecular flexibility index (Phi) is 12.6. The summed E-state index contributed by atoms with van der Waals surface area (Å²) in [4.78, 5) is 35.0. The zero-order valence-electron chi connectivity index (χ0n) is 25.4. The summed E-state index contributed by atoms with van der Waals surface area (Å²) in [5.74, 6) is 0.792. The fourth-order valence-electron chi connectivity index (χ4n) is 4.48. The molecule has 2 amide bonds. The number of rotatable bonds is 14. The molecule has 16 heteroatoms. The molecule has 0 bridgehead atoms. The van der Waals surface area contributed by atoms with E-state index in [1.54, 1.807) is 50.4 Å². The van der Waals surface area contributed by atoms with Gasteiger partial charge in [0.25, 0.3) is 5.69 Å². The number of nitrogens with zero attached hydrogens (tertiary/aromatic N) is 2. The Labute approximate surface area is 297 Å². The number of urea groups is 1. The van der Waals surface area contributed by atoms with Crippen LogP contribution in [0.2, 0.25) is 0 Å². The van der Waals surface area contributed by atoms with Crippen molar-refractivity contribution in [2.75, 3.05) is 20.3 Å². The summed E-state index contributed by atoms with van der Waals surface area (Å²) in [6, 6.07) is 13.7. The number of hydrogen-bond donors (Lipinski definition) is 4. The minimum atomic E-state index is -1.16. The normalized spacial score (nSPS) is 15.0. The molecule has 0 saturated heterocycles. The Morgan fingerprint density at radius 1 is 1.11 bits per heavy atom. The van der Waals surface area contributed by atoms with Gasteiger partial charge in [0.2, 0.25) is 0 Å². The second-order valence-corrected chi connectivity index (χ2v) is 12.3. The average molecular weight is 871 g/mol. The van der Waals surface area contributed by atoms with Gasteiger partial charge in [0, 0.05) is 17.8 Å². The van der Waals surface area contributed by atoms with Gasteiger partial charge in [-0.2, -0.15) is 5.10 Å². The van der Waals surface area contributed by atoms with E-state index in [1.165, 1.54) is 19.2 Å². The molecule has 47 heavy (non-hydrogen) atoms. The highest BCUT2D eigenvalue weighted by Gasteiger charge is 2.32. The second kappa shape index (κ2) is 16.6. The lowest BCUT2D eigenvalue weighted by atomic mass is 9.95. The standard InChI is InChI=1S/C31H31I2N5O9/c1-4-45-25-13-20(28-27(30(40)44-3)17(2)35-31(41)36-28)7-10-24(25)46-16-26(39)37-34-14-19-11-22(32)29(23(33)12-19)47-15-18-5-8-21(9-6-18)38(42)43/h5-14,26,28,37,39H,4,15-16H2,1-3H3,(H2,35,36,41)/b34-14-/t26-,28+/m0/s1. The number of ether oxygens (including phenoxy) is 4. The third-order valence-electron chi connectivity index (χ3n) is 6.66. The van der Waals surface area contributed by atoms with Crippen LogP contribution < -0.4 is 30.3 Å². The number of allylic oxidation sites excluding steroid dienone is 1. The Morgan fingerprint density at radius 3 is 2.45 bits per heavy atom. The molecule has 4 rings (SSSR count). The van der Waals surface area contributed by atoms with E-state index in [4.69, 9.17) is 18.9 Å². The van der Waals surface area contributed by atoms with Crippen LogP contribution in [0.15, 0.2) is 71.0 Å². The molecular weight excluding hydrogens is 840 g/mol. The van der Waals surface area contributed by atoms with Crippen molar-refractivity contribution < 1.29 is 38.6 Å². The van der Waals surface area contributed by atoms with Gasteiger partial charge in [-0.25, -0.2) is 9.59 Å². The summed E-state index contributed by atoms with van der Waals surface area (Å²) in [5.41, 5.74) is 5.42. The maximum atomic E-state index is 12.5. The van der Waals surface area contributed by atoms with Crippen molar-refractivity contribution in [1.29, 1.82) is 0 Å². The Balaban J connectivity index is 1.36. The number of aliphatic hydroxyl groups excluding tert-OH is 1. The molecule has 0 fully saturated rings. The van der Waals surface area contributed by atoms with Crippen LogP contribution in [0.3, 0.4) is 0 Å². The monoisotopic (exact) mass is 871 g/mol. The Morgan fingerprint density at radius 2 is 1.81 bits per heavy atom. The van der Waals surface area contributed by atoms with Gasteiger partial charge in [-0.1, -0.05) is 6.07 Å². The fourth-order valence-corrected chi connectivity index (χ4v) is 6.61. The molecule has 0 radical (unpaired) electrons. The summed E-state index contributed by atoms with van der Waals surface area (Å²) in [6.07, 6.45) is 0.388. The van der Waals surface area contributed by atoms with Gasteiger partial charge in [-0.15, -0.1) is 0 Å². The highest BCUT2D eigenvalue weighted by molar-refractivity contribution is 14.1. The molecule has 0 unspecified atom stereocenters. The number of esters is 1. The van der Waals surface area contributed by atoms with E-state index in [0.29, 0.717) is 35.1 Å². The van der Waals surface area contributed by atoms with Crippen LogP contribution in [0.4, 0.5) is 10.5 Å². The zero-order chi connectivity index (χ0) is 34.1. The Bertz CT molecular complexity index is 1680. The highest BCUT2D eigenvalue weighted by atomic mass is 127. The van der Waals surface area contributed by atoms with E-state index in [2.05, 4.69) is 66.3 Å². The molecule has 3 aromatic carbocycles. The number of nitrogens with one attached hydrogen (secondary N) is 3. The van der Waals surface area contributed by atoms with E-state index in [-0.39, 0.29) is 24.5 Å². The molecule has 3 aromatic rings. The lowest BCUT2D eigenvalue weighted by Crippen LogP contribution is -2.45. The van der Waals surface area contributed by atoms with Crippen LogP contribution in [-0.4, -0.2) is 54.8 Å². The molecule has 0 aliphatic carbocycles. The van der Waals surface area contributed by atoms with Crippen LogP contribution in [-0.2, 0) is 16.1 Å². The van der Waals surface area contributed by atoms with Crippen LogP contribution in [0.1, 0.15) is 36.6 Å². The number of methoxy groups -OCH3 is 1. The molecule has 1 heterocycles. The van der Waals surface area contributed by atoms with E-state index >= 15 is 0 Å². The average Bonchev–Trinajstić information content (AvgIpc) is 3.03. The molecule has 0 aromatic heterocycles. The molecule has 2 atom stereocenters. The van der Waals surface area contributed by atoms with E-state index in [0.717, 1.165) is 18.3 Å². The van der Waals surface area contributed by atoms with Crippen molar-refractivity contribution >= 4 is 69.1 Å². The fraction of sp³-hybridized carbons (Fsp3) is 0.258. The van der Waals surface area contributed by atoms with Crippen molar-refractivity contribution in [3.8, 4) is 17.2 Å². The molecular formula is C31H31I2N5O9. The highest BCUT2D eigenvalue weighted by Crippen LogP contribution is 2.35. The molecule has 0 spiro atoms.